The smallest absolute Gasteiger partial charge is 0.152 e. The first-order valence-corrected chi connectivity index (χ1v) is 7.42. The van der Waals surface area contributed by atoms with Crippen LogP contribution in [-0.4, -0.2) is 28.0 Å². The monoisotopic (exact) mass is 274 g/mol. The molecule has 0 aliphatic heterocycles. The molecule has 0 saturated carbocycles. The number of fused-ring (bicyclic) bond motifs is 1. The van der Waals surface area contributed by atoms with Crippen LogP contribution in [0.5, 0.6) is 0 Å². The Kier molecular flexibility index (Phi) is 4.33. The van der Waals surface area contributed by atoms with Gasteiger partial charge in [0, 0.05) is 31.4 Å². The molecule has 2 heterocycles. The lowest BCUT2D eigenvalue weighted by Crippen LogP contribution is -2.36. The summed E-state index contributed by atoms with van der Waals surface area (Å²) in [5.41, 5.74) is 2.35. The highest BCUT2D eigenvalue weighted by molar-refractivity contribution is 5.55. The van der Waals surface area contributed by atoms with E-state index in [0.29, 0.717) is 0 Å². The number of hydrogen-bond acceptors (Lipinski definition) is 3. The number of nitrogens with zero attached hydrogens (tertiary/aromatic N) is 3. The molecule has 0 bridgehead atoms. The number of pyridine rings is 1. The quantitative estimate of drug-likeness (QED) is 0.909. The van der Waals surface area contributed by atoms with E-state index >= 15 is 0 Å². The van der Waals surface area contributed by atoms with Crippen molar-refractivity contribution >= 4 is 11.5 Å². The van der Waals surface area contributed by atoms with Crippen molar-refractivity contribution in [2.75, 3.05) is 18.0 Å². The minimum Gasteiger partial charge on any atom is -0.356 e. The SMILES string of the molecule is CCN(CC)c1nc2ccccn2c1CNC(C)(C)C. The van der Waals surface area contributed by atoms with Crippen molar-refractivity contribution in [2.45, 2.75) is 46.7 Å². The zero-order valence-corrected chi connectivity index (χ0v) is 13.3. The van der Waals surface area contributed by atoms with Crippen LogP contribution in [0.1, 0.15) is 40.3 Å². The van der Waals surface area contributed by atoms with Gasteiger partial charge in [0.25, 0.3) is 0 Å². The summed E-state index contributed by atoms with van der Waals surface area (Å²) in [7, 11) is 0. The number of imidazole rings is 1. The first kappa shape index (κ1) is 14.9. The van der Waals surface area contributed by atoms with Crippen molar-refractivity contribution in [1.29, 1.82) is 0 Å². The summed E-state index contributed by atoms with van der Waals surface area (Å²) in [6.45, 7) is 13.7. The lowest BCUT2D eigenvalue weighted by molar-refractivity contribution is 0.420. The van der Waals surface area contributed by atoms with Gasteiger partial charge >= 0.3 is 0 Å². The van der Waals surface area contributed by atoms with Crippen LogP contribution < -0.4 is 10.2 Å². The van der Waals surface area contributed by atoms with Crippen molar-refractivity contribution in [3.8, 4) is 0 Å². The third-order valence-electron chi connectivity index (χ3n) is 3.46. The molecule has 0 aliphatic carbocycles. The largest absolute Gasteiger partial charge is 0.356 e. The van der Waals surface area contributed by atoms with E-state index in [9.17, 15) is 0 Å². The Balaban J connectivity index is 2.44. The molecule has 110 valence electrons. The molecule has 0 radical (unpaired) electrons. The second kappa shape index (κ2) is 5.83. The summed E-state index contributed by atoms with van der Waals surface area (Å²) in [6, 6.07) is 6.16. The Bertz CT molecular complexity index is 561. The number of anilines is 1. The third kappa shape index (κ3) is 3.12. The molecule has 0 atom stereocenters. The van der Waals surface area contributed by atoms with E-state index in [1.54, 1.807) is 0 Å². The average molecular weight is 274 g/mol. The van der Waals surface area contributed by atoms with E-state index in [1.807, 2.05) is 6.07 Å². The highest BCUT2D eigenvalue weighted by atomic mass is 15.2. The molecular weight excluding hydrogens is 248 g/mol. The fourth-order valence-corrected chi connectivity index (χ4v) is 2.32. The van der Waals surface area contributed by atoms with E-state index in [4.69, 9.17) is 4.98 Å². The van der Waals surface area contributed by atoms with Crippen LogP contribution in [0.3, 0.4) is 0 Å². The lowest BCUT2D eigenvalue weighted by atomic mass is 10.1. The first-order chi connectivity index (χ1) is 9.46. The van der Waals surface area contributed by atoms with Crippen LogP contribution in [0.2, 0.25) is 0 Å². The average Bonchev–Trinajstić information content (AvgIpc) is 2.75. The van der Waals surface area contributed by atoms with Crippen LogP contribution in [0, 0.1) is 0 Å². The van der Waals surface area contributed by atoms with E-state index in [2.05, 4.69) is 67.6 Å². The van der Waals surface area contributed by atoms with Gasteiger partial charge in [-0.25, -0.2) is 4.98 Å². The fourth-order valence-electron chi connectivity index (χ4n) is 2.32. The van der Waals surface area contributed by atoms with Crippen molar-refractivity contribution in [1.82, 2.24) is 14.7 Å². The highest BCUT2D eigenvalue weighted by Gasteiger charge is 2.18. The van der Waals surface area contributed by atoms with Gasteiger partial charge in [-0.05, 0) is 46.8 Å². The molecule has 4 nitrogen and oxygen atoms in total. The summed E-state index contributed by atoms with van der Waals surface area (Å²) in [6.07, 6.45) is 2.09. The number of aromatic nitrogens is 2. The molecule has 0 aromatic carbocycles. The predicted molar refractivity (Wildman–Crippen MR) is 85.3 cm³/mol. The topological polar surface area (TPSA) is 32.6 Å². The molecule has 0 spiro atoms. The van der Waals surface area contributed by atoms with E-state index in [-0.39, 0.29) is 5.54 Å². The molecule has 1 N–H and O–H groups in total. The van der Waals surface area contributed by atoms with Crippen LogP contribution in [0.25, 0.3) is 5.65 Å². The molecule has 4 heteroatoms. The van der Waals surface area contributed by atoms with Crippen LogP contribution in [-0.2, 0) is 6.54 Å². The van der Waals surface area contributed by atoms with Gasteiger partial charge in [0.1, 0.15) is 5.65 Å². The maximum absolute atomic E-state index is 4.80. The Morgan fingerprint density at radius 3 is 2.50 bits per heavy atom. The van der Waals surface area contributed by atoms with Crippen LogP contribution in [0.15, 0.2) is 24.4 Å². The summed E-state index contributed by atoms with van der Waals surface area (Å²) < 4.78 is 2.19. The van der Waals surface area contributed by atoms with E-state index < -0.39 is 0 Å². The van der Waals surface area contributed by atoms with E-state index in [0.717, 1.165) is 31.1 Å². The van der Waals surface area contributed by atoms with Gasteiger partial charge in [0.05, 0.1) is 5.69 Å². The van der Waals surface area contributed by atoms with Gasteiger partial charge in [-0.15, -0.1) is 0 Å². The number of nitrogens with one attached hydrogen (secondary N) is 1. The van der Waals surface area contributed by atoms with Gasteiger partial charge in [-0.3, -0.25) is 0 Å². The summed E-state index contributed by atoms with van der Waals surface area (Å²) in [4.78, 5) is 7.12. The maximum atomic E-state index is 4.80. The summed E-state index contributed by atoms with van der Waals surface area (Å²) in [5.74, 6) is 1.10. The third-order valence-corrected chi connectivity index (χ3v) is 3.46. The second-order valence-corrected chi connectivity index (χ2v) is 6.09. The van der Waals surface area contributed by atoms with Gasteiger partial charge in [0.15, 0.2) is 5.82 Å². The lowest BCUT2D eigenvalue weighted by Gasteiger charge is -2.23. The molecule has 0 amide bonds. The van der Waals surface area contributed by atoms with Gasteiger partial charge in [-0.1, -0.05) is 6.07 Å². The minimum absolute atomic E-state index is 0.0967. The van der Waals surface area contributed by atoms with Crippen molar-refractivity contribution < 1.29 is 0 Å². The molecule has 0 aliphatic rings. The molecule has 2 rings (SSSR count). The molecule has 2 aromatic rings. The Hall–Kier alpha value is -1.55. The fraction of sp³-hybridized carbons (Fsp3) is 0.562. The molecular formula is C16H26N4. The Labute approximate surface area is 121 Å². The molecule has 0 fully saturated rings. The molecule has 20 heavy (non-hydrogen) atoms. The minimum atomic E-state index is 0.0967. The predicted octanol–water partition coefficient (Wildman–Crippen LogP) is 3.07. The zero-order chi connectivity index (χ0) is 14.8. The zero-order valence-electron chi connectivity index (χ0n) is 13.3. The van der Waals surface area contributed by atoms with Crippen molar-refractivity contribution in [3.63, 3.8) is 0 Å². The molecule has 0 saturated heterocycles. The van der Waals surface area contributed by atoms with Crippen LogP contribution in [0.4, 0.5) is 5.82 Å². The van der Waals surface area contributed by atoms with E-state index in [1.165, 1.54) is 5.69 Å². The number of hydrogen-bond donors (Lipinski definition) is 1. The molecule has 2 aromatic heterocycles. The Morgan fingerprint density at radius 1 is 1.20 bits per heavy atom. The van der Waals surface area contributed by atoms with Gasteiger partial charge in [0.2, 0.25) is 0 Å². The maximum Gasteiger partial charge on any atom is 0.152 e. The van der Waals surface area contributed by atoms with Crippen molar-refractivity contribution in [3.05, 3.63) is 30.1 Å². The Morgan fingerprint density at radius 2 is 1.90 bits per heavy atom. The summed E-state index contributed by atoms with van der Waals surface area (Å²) >= 11 is 0. The van der Waals surface area contributed by atoms with Gasteiger partial charge < -0.3 is 14.6 Å². The highest BCUT2D eigenvalue weighted by Crippen LogP contribution is 2.22. The second-order valence-electron chi connectivity index (χ2n) is 6.09. The normalized spacial score (nSPS) is 12.1. The molecule has 0 unspecified atom stereocenters. The standard InChI is InChI=1S/C16H26N4/c1-6-19(7-2)15-13(12-17-16(3,4)5)20-11-9-8-10-14(20)18-15/h8-11,17H,6-7,12H2,1-5H3. The first-order valence-electron chi connectivity index (χ1n) is 7.42. The van der Waals surface area contributed by atoms with Crippen molar-refractivity contribution in [2.24, 2.45) is 0 Å². The van der Waals surface area contributed by atoms with Gasteiger partial charge in [-0.2, -0.15) is 0 Å². The summed E-state index contributed by atoms with van der Waals surface area (Å²) in [5, 5.41) is 3.57. The number of rotatable bonds is 5. The van der Waals surface area contributed by atoms with Crippen LogP contribution >= 0.6 is 0 Å².